The summed E-state index contributed by atoms with van der Waals surface area (Å²) in [6, 6.07) is 11.3. The lowest BCUT2D eigenvalue weighted by Gasteiger charge is -2.14. The smallest absolute Gasteiger partial charge is 0.243 e. The third-order valence-corrected chi connectivity index (χ3v) is 3.95. The molecule has 0 radical (unpaired) electrons. The lowest BCUT2D eigenvalue weighted by atomic mass is 10.1. The van der Waals surface area contributed by atoms with Crippen molar-refractivity contribution < 1.29 is 4.79 Å². The minimum Gasteiger partial charge on any atom is -0.353 e. The Bertz CT molecular complexity index is 736. The van der Waals surface area contributed by atoms with Gasteiger partial charge in [-0.25, -0.2) is 0 Å². The van der Waals surface area contributed by atoms with E-state index in [-0.39, 0.29) is 12.5 Å². The number of aryl methyl sites for hydroxylation is 3. The van der Waals surface area contributed by atoms with E-state index in [2.05, 4.69) is 16.0 Å². The summed E-state index contributed by atoms with van der Waals surface area (Å²) >= 11 is 11.0. The predicted octanol–water partition coefficient (Wildman–Crippen LogP) is 4.19. The summed E-state index contributed by atoms with van der Waals surface area (Å²) in [6.07, 6.45) is 0. The molecule has 0 aliphatic rings. The van der Waals surface area contributed by atoms with Crippen LogP contribution in [0.4, 0.5) is 11.4 Å². The van der Waals surface area contributed by atoms with Crippen LogP contribution in [0.1, 0.15) is 16.7 Å². The summed E-state index contributed by atoms with van der Waals surface area (Å²) in [6.45, 7) is 6.09. The molecule has 0 unspecified atom stereocenters. The van der Waals surface area contributed by atoms with E-state index in [1.807, 2.05) is 45.0 Å². The number of halogens is 1. The van der Waals surface area contributed by atoms with Crippen LogP contribution in [-0.2, 0) is 4.79 Å². The first-order chi connectivity index (χ1) is 11.3. The fourth-order valence-corrected chi connectivity index (χ4v) is 2.75. The van der Waals surface area contributed by atoms with Gasteiger partial charge in [0, 0.05) is 16.4 Å². The lowest BCUT2D eigenvalue weighted by molar-refractivity contribution is -0.115. The zero-order valence-electron chi connectivity index (χ0n) is 13.9. The number of thiocarbonyl (C=S) groups is 1. The Balaban J connectivity index is 1.87. The largest absolute Gasteiger partial charge is 0.353 e. The standard InChI is InChI=1S/C18H20ClN3OS/c1-11-8-12(2)17(13(3)9-11)22-16(23)10-20-18(24)21-15-6-4-14(19)5-7-15/h4-9H,10H2,1-3H3,(H,22,23)(H2,20,21,24). The summed E-state index contributed by atoms with van der Waals surface area (Å²) in [4.78, 5) is 12.1. The van der Waals surface area contributed by atoms with Gasteiger partial charge < -0.3 is 16.0 Å². The molecule has 0 fully saturated rings. The molecule has 0 heterocycles. The van der Waals surface area contributed by atoms with Gasteiger partial charge in [0.25, 0.3) is 0 Å². The molecule has 1 amide bonds. The topological polar surface area (TPSA) is 53.2 Å². The van der Waals surface area contributed by atoms with Crippen molar-refractivity contribution in [3.63, 3.8) is 0 Å². The number of anilines is 2. The Hall–Kier alpha value is -2.11. The van der Waals surface area contributed by atoms with Crippen LogP contribution < -0.4 is 16.0 Å². The van der Waals surface area contributed by atoms with E-state index >= 15 is 0 Å². The Kier molecular flexibility index (Phi) is 6.17. The molecule has 0 aromatic heterocycles. The average Bonchev–Trinajstić information content (AvgIpc) is 2.51. The molecular weight excluding hydrogens is 342 g/mol. The number of carbonyl (C=O) groups excluding carboxylic acids is 1. The molecule has 2 aromatic carbocycles. The van der Waals surface area contributed by atoms with Crippen molar-refractivity contribution in [3.05, 3.63) is 58.1 Å². The Morgan fingerprint density at radius 2 is 1.62 bits per heavy atom. The van der Waals surface area contributed by atoms with Gasteiger partial charge in [-0.05, 0) is 68.4 Å². The van der Waals surface area contributed by atoms with Crippen molar-refractivity contribution >= 4 is 46.2 Å². The number of benzene rings is 2. The number of hydrogen-bond donors (Lipinski definition) is 3. The average molecular weight is 362 g/mol. The summed E-state index contributed by atoms with van der Waals surface area (Å²) in [7, 11) is 0. The molecule has 0 bridgehead atoms. The molecule has 6 heteroatoms. The zero-order chi connectivity index (χ0) is 17.7. The fraction of sp³-hybridized carbons (Fsp3) is 0.222. The van der Waals surface area contributed by atoms with Crippen molar-refractivity contribution in [2.24, 2.45) is 0 Å². The highest BCUT2D eigenvalue weighted by Gasteiger charge is 2.09. The Labute approximate surface area is 152 Å². The number of rotatable bonds is 4. The van der Waals surface area contributed by atoms with E-state index < -0.39 is 0 Å². The number of amides is 1. The molecule has 24 heavy (non-hydrogen) atoms. The van der Waals surface area contributed by atoms with Gasteiger partial charge in [-0.2, -0.15) is 0 Å². The van der Waals surface area contributed by atoms with Crippen LogP contribution in [0.15, 0.2) is 36.4 Å². The van der Waals surface area contributed by atoms with E-state index in [0.29, 0.717) is 10.1 Å². The minimum atomic E-state index is -0.148. The highest BCUT2D eigenvalue weighted by molar-refractivity contribution is 7.80. The molecule has 2 aromatic rings. The van der Waals surface area contributed by atoms with E-state index in [4.69, 9.17) is 23.8 Å². The molecule has 0 aliphatic heterocycles. The number of carbonyl (C=O) groups is 1. The van der Waals surface area contributed by atoms with E-state index in [1.165, 1.54) is 5.56 Å². The SMILES string of the molecule is Cc1cc(C)c(NC(=O)CNC(=S)Nc2ccc(Cl)cc2)c(C)c1. The van der Waals surface area contributed by atoms with Crippen LogP contribution in [-0.4, -0.2) is 17.6 Å². The van der Waals surface area contributed by atoms with Gasteiger partial charge >= 0.3 is 0 Å². The molecule has 4 nitrogen and oxygen atoms in total. The molecular formula is C18H20ClN3OS. The van der Waals surface area contributed by atoms with Crippen molar-refractivity contribution in [2.45, 2.75) is 20.8 Å². The summed E-state index contributed by atoms with van der Waals surface area (Å²) in [5.74, 6) is -0.148. The Morgan fingerprint density at radius 1 is 1.04 bits per heavy atom. The van der Waals surface area contributed by atoms with Gasteiger partial charge in [0.05, 0.1) is 6.54 Å². The second-order valence-corrected chi connectivity index (χ2v) is 6.48. The quantitative estimate of drug-likeness (QED) is 0.715. The van der Waals surface area contributed by atoms with Crippen LogP contribution in [0.2, 0.25) is 5.02 Å². The predicted molar refractivity (Wildman–Crippen MR) is 105 cm³/mol. The van der Waals surface area contributed by atoms with Crippen molar-refractivity contribution in [1.29, 1.82) is 0 Å². The molecule has 0 saturated carbocycles. The van der Waals surface area contributed by atoms with Crippen molar-refractivity contribution in [2.75, 3.05) is 17.2 Å². The first kappa shape index (κ1) is 18.2. The maximum atomic E-state index is 12.1. The fourth-order valence-electron chi connectivity index (χ4n) is 2.43. The molecule has 0 saturated heterocycles. The lowest BCUT2D eigenvalue weighted by Crippen LogP contribution is -2.35. The van der Waals surface area contributed by atoms with Gasteiger partial charge in [0.1, 0.15) is 0 Å². The highest BCUT2D eigenvalue weighted by atomic mass is 35.5. The second-order valence-electron chi connectivity index (χ2n) is 5.64. The van der Waals surface area contributed by atoms with Crippen LogP contribution >= 0.6 is 23.8 Å². The monoisotopic (exact) mass is 361 g/mol. The van der Waals surface area contributed by atoms with Gasteiger partial charge in [-0.3, -0.25) is 4.79 Å². The normalized spacial score (nSPS) is 10.2. The van der Waals surface area contributed by atoms with Crippen LogP contribution in [0, 0.1) is 20.8 Å². The van der Waals surface area contributed by atoms with Crippen LogP contribution in [0.5, 0.6) is 0 Å². The maximum absolute atomic E-state index is 12.1. The van der Waals surface area contributed by atoms with Gasteiger partial charge in [-0.1, -0.05) is 29.3 Å². The number of hydrogen-bond acceptors (Lipinski definition) is 2. The van der Waals surface area contributed by atoms with Gasteiger partial charge in [0.15, 0.2) is 5.11 Å². The van der Waals surface area contributed by atoms with Crippen LogP contribution in [0.3, 0.4) is 0 Å². The Morgan fingerprint density at radius 3 is 2.21 bits per heavy atom. The molecule has 126 valence electrons. The van der Waals surface area contributed by atoms with Crippen molar-refractivity contribution in [1.82, 2.24) is 5.32 Å². The molecule has 3 N–H and O–H groups in total. The van der Waals surface area contributed by atoms with Crippen LogP contribution in [0.25, 0.3) is 0 Å². The zero-order valence-corrected chi connectivity index (χ0v) is 15.4. The summed E-state index contributed by atoms with van der Waals surface area (Å²) < 4.78 is 0. The first-order valence-corrected chi connectivity index (χ1v) is 8.32. The second kappa shape index (κ2) is 8.13. The molecule has 0 spiro atoms. The van der Waals surface area contributed by atoms with E-state index in [9.17, 15) is 4.79 Å². The first-order valence-electron chi connectivity index (χ1n) is 7.53. The van der Waals surface area contributed by atoms with E-state index in [1.54, 1.807) is 12.1 Å². The number of nitrogens with one attached hydrogen (secondary N) is 3. The van der Waals surface area contributed by atoms with Crippen molar-refractivity contribution in [3.8, 4) is 0 Å². The molecule has 0 atom stereocenters. The van der Waals surface area contributed by atoms with E-state index in [0.717, 1.165) is 22.5 Å². The minimum absolute atomic E-state index is 0.0895. The summed E-state index contributed by atoms with van der Waals surface area (Å²) in [5.41, 5.74) is 4.92. The van der Waals surface area contributed by atoms with Gasteiger partial charge in [-0.15, -0.1) is 0 Å². The third-order valence-electron chi connectivity index (χ3n) is 3.45. The molecule has 0 aliphatic carbocycles. The highest BCUT2D eigenvalue weighted by Crippen LogP contribution is 2.21. The van der Waals surface area contributed by atoms with Gasteiger partial charge in [0.2, 0.25) is 5.91 Å². The molecule has 2 rings (SSSR count). The third kappa shape index (κ3) is 5.22. The maximum Gasteiger partial charge on any atom is 0.243 e. The summed E-state index contributed by atoms with van der Waals surface area (Å²) in [5, 5.41) is 9.85.